The number of nitrogens with one attached hydrogen (secondary N) is 1. The lowest BCUT2D eigenvalue weighted by atomic mass is 10.0. The highest BCUT2D eigenvalue weighted by atomic mass is 16.2. The van der Waals surface area contributed by atoms with Gasteiger partial charge < -0.3 is 10.2 Å². The number of aromatic nitrogens is 1. The van der Waals surface area contributed by atoms with Gasteiger partial charge in [-0.3, -0.25) is 14.6 Å². The molecule has 1 N–H and O–H groups in total. The summed E-state index contributed by atoms with van der Waals surface area (Å²) in [5, 5.41) is 2.71. The van der Waals surface area contributed by atoms with Crippen LogP contribution in [0, 0.1) is 0 Å². The molecule has 0 spiro atoms. The molecule has 0 radical (unpaired) electrons. The summed E-state index contributed by atoms with van der Waals surface area (Å²) >= 11 is 0. The van der Waals surface area contributed by atoms with E-state index in [9.17, 15) is 9.59 Å². The van der Waals surface area contributed by atoms with Gasteiger partial charge in [0.15, 0.2) is 0 Å². The van der Waals surface area contributed by atoms with Crippen molar-refractivity contribution in [3.63, 3.8) is 0 Å². The minimum absolute atomic E-state index is 0.0126. The predicted octanol–water partition coefficient (Wildman–Crippen LogP) is 0.880. The molecule has 1 saturated heterocycles. The van der Waals surface area contributed by atoms with Crippen molar-refractivity contribution in [1.29, 1.82) is 0 Å². The molecule has 1 aliphatic heterocycles. The quantitative estimate of drug-likeness (QED) is 0.862. The van der Waals surface area contributed by atoms with Crippen molar-refractivity contribution in [1.82, 2.24) is 15.2 Å². The van der Waals surface area contributed by atoms with Gasteiger partial charge >= 0.3 is 0 Å². The average molecular weight is 247 g/mol. The lowest BCUT2D eigenvalue weighted by Gasteiger charge is -2.36. The van der Waals surface area contributed by atoms with Crippen LogP contribution in [0.25, 0.3) is 0 Å². The van der Waals surface area contributed by atoms with Gasteiger partial charge in [0.2, 0.25) is 11.8 Å². The van der Waals surface area contributed by atoms with Crippen LogP contribution in [0.3, 0.4) is 0 Å². The van der Waals surface area contributed by atoms with Crippen molar-refractivity contribution in [3.05, 3.63) is 30.1 Å². The van der Waals surface area contributed by atoms with Crippen LogP contribution < -0.4 is 5.32 Å². The van der Waals surface area contributed by atoms with Gasteiger partial charge in [-0.25, -0.2) is 0 Å². The molecule has 1 fully saturated rings. The van der Waals surface area contributed by atoms with E-state index in [0.717, 1.165) is 5.56 Å². The van der Waals surface area contributed by atoms with E-state index < -0.39 is 6.04 Å². The van der Waals surface area contributed by atoms with E-state index in [4.69, 9.17) is 0 Å². The summed E-state index contributed by atoms with van der Waals surface area (Å²) in [6.45, 7) is 3.95. The highest BCUT2D eigenvalue weighted by Gasteiger charge is 2.34. The van der Waals surface area contributed by atoms with E-state index in [1.165, 1.54) is 0 Å². The molecule has 1 aromatic heterocycles. The Kier molecular flexibility index (Phi) is 3.60. The number of hydrogen-bond acceptors (Lipinski definition) is 3. The minimum atomic E-state index is -0.393. The van der Waals surface area contributed by atoms with Crippen LogP contribution in [0.4, 0.5) is 0 Å². The van der Waals surface area contributed by atoms with Gasteiger partial charge in [-0.05, 0) is 31.0 Å². The molecule has 0 aliphatic carbocycles. The third-order valence-corrected chi connectivity index (χ3v) is 3.29. The van der Waals surface area contributed by atoms with E-state index in [1.54, 1.807) is 17.3 Å². The number of hydrogen-bond donors (Lipinski definition) is 1. The molecule has 1 aromatic rings. The number of carbonyl (C=O) groups excluding carboxylic acids is 2. The number of nitrogens with zero attached hydrogens (tertiary/aromatic N) is 2. The summed E-state index contributed by atoms with van der Waals surface area (Å²) in [6, 6.07) is 3.23. The third kappa shape index (κ3) is 2.34. The average Bonchev–Trinajstić information content (AvgIpc) is 2.41. The summed E-state index contributed by atoms with van der Waals surface area (Å²) < 4.78 is 0. The van der Waals surface area contributed by atoms with Gasteiger partial charge in [0, 0.05) is 12.4 Å². The molecule has 0 aromatic carbocycles. The molecule has 96 valence electrons. The van der Waals surface area contributed by atoms with E-state index in [0.29, 0.717) is 6.42 Å². The normalized spacial score (nSPS) is 21.7. The predicted molar refractivity (Wildman–Crippen MR) is 66.6 cm³/mol. The van der Waals surface area contributed by atoms with Crippen molar-refractivity contribution >= 4 is 11.8 Å². The molecule has 1 aliphatic rings. The first-order valence-corrected chi connectivity index (χ1v) is 6.13. The minimum Gasteiger partial charge on any atom is -0.343 e. The highest BCUT2D eigenvalue weighted by Crippen LogP contribution is 2.22. The zero-order valence-electron chi connectivity index (χ0n) is 10.6. The number of pyridine rings is 1. The van der Waals surface area contributed by atoms with Crippen LogP contribution >= 0.6 is 0 Å². The van der Waals surface area contributed by atoms with Crippen LogP contribution in [0.5, 0.6) is 0 Å². The van der Waals surface area contributed by atoms with Crippen LogP contribution in [0.2, 0.25) is 0 Å². The van der Waals surface area contributed by atoms with Crippen LogP contribution in [0.15, 0.2) is 24.5 Å². The first-order chi connectivity index (χ1) is 8.63. The van der Waals surface area contributed by atoms with Crippen LogP contribution in [-0.2, 0) is 9.59 Å². The summed E-state index contributed by atoms with van der Waals surface area (Å²) in [5.41, 5.74) is 0.989. The summed E-state index contributed by atoms with van der Waals surface area (Å²) in [7, 11) is 0. The van der Waals surface area contributed by atoms with Gasteiger partial charge in [-0.15, -0.1) is 0 Å². The van der Waals surface area contributed by atoms with Gasteiger partial charge in [0.05, 0.1) is 6.04 Å². The number of piperazine rings is 1. The topological polar surface area (TPSA) is 62.3 Å². The van der Waals surface area contributed by atoms with Gasteiger partial charge in [-0.1, -0.05) is 6.92 Å². The maximum absolute atomic E-state index is 12.2. The molecule has 0 bridgehead atoms. The van der Waals surface area contributed by atoms with Gasteiger partial charge in [-0.2, -0.15) is 0 Å². The van der Waals surface area contributed by atoms with Crippen molar-refractivity contribution in [2.24, 2.45) is 0 Å². The first-order valence-electron chi connectivity index (χ1n) is 6.13. The molecular weight excluding hydrogens is 230 g/mol. The fourth-order valence-corrected chi connectivity index (χ4v) is 2.16. The molecule has 18 heavy (non-hydrogen) atoms. The van der Waals surface area contributed by atoms with Gasteiger partial charge in [0.25, 0.3) is 0 Å². The summed E-state index contributed by atoms with van der Waals surface area (Å²) in [6.07, 6.45) is 4.00. The van der Waals surface area contributed by atoms with Crippen LogP contribution in [0.1, 0.15) is 31.9 Å². The molecule has 5 nitrogen and oxygen atoms in total. The lowest BCUT2D eigenvalue weighted by molar-refractivity contribution is -0.146. The molecule has 5 heteroatoms. The smallest absolute Gasteiger partial charge is 0.246 e. The molecule has 2 heterocycles. The lowest BCUT2D eigenvalue weighted by Crippen LogP contribution is -2.58. The Hall–Kier alpha value is -1.91. The molecule has 2 unspecified atom stereocenters. The third-order valence-electron chi connectivity index (χ3n) is 3.29. The molecule has 2 amide bonds. The number of carbonyl (C=O) groups is 2. The standard InChI is InChI=1S/C13H17N3O2/c1-3-11-13(18)16(8-12(17)15-11)9(2)10-4-6-14-7-5-10/h4-7,9,11H,3,8H2,1-2H3,(H,15,17). The van der Waals surface area contributed by atoms with Crippen molar-refractivity contribution < 1.29 is 9.59 Å². The van der Waals surface area contributed by atoms with Crippen LogP contribution in [-0.4, -0.2) is 34.3 Å². The highest BCUT2D eigenvalue weighted by molar-refractivity contribution is 5.95. The second-order valence-electron chi connectivity index (χ2n) is 4.45. The van der Waals surface area contributed by atoms with Crippen molar-refractivity contribution in [3.8, 4) is 0 Å². The van der Waals surface area contributed by atoms with Gasteiger partial charge in [0.1, 0.15) is 12.6 Å². The Labute approximate surface area is 106 Å². The zero-order valence-corrected chi connectivity index (χ0v) is 10.6. The fourth-order valence-electron chi connectivity index (χ4n) is 2.16. The molecular formula is C13H17N3O2. The summed E-state index contributed by atoms with van der Waals surface area (Å²) in [4.78, 5) is 29.4. The SMILES string of the molecule is CCC1NC(=O)CN(C(C)c2ccncc2)C1=O. The number of rotatable bonds is 3. The largest absolute Gasteiger partial charge is 0.343 e. The first kappa shape index (κ1) is 12.5. The van der Waals surface area contributed by atoms with E-state index in [2.05, 4.69) is 10.3 Å². The molecule has 2 atom stereocenters. The van der Waals surface area contributed by atoms with Crippen molar-refractivity contribution in [2.75, 3.05) is 6.54 Å². The monoisotopic (exact) mass is 247 g/mol. The second-order valence-corrected chi connectivity index (χ2v) is 4.45. The molecule has 2 rings (SSSR count). The Bertz CT molecular complexity index is 447. The maximum atomic E-state index is 12.2. The maximum Gasteiger partial charge on any atom is 0.246 e. The zero-order chi connectivity index (χ0) is 13.1. The Morgan fingerprint density at radius 3 is 2.72 bits per heavy atom. The molecule has 0 saturated carbocycles. The van der Waals surface area contributed by atoms with Crippen molar-refractivity contribution in [2.45, 2.75) is 32.4 Å². The Morgan fingerprint density at radius 2 is 2.11 bits per heavy atom. The summed E-state index contributed by atoms with van der Waals surface area (Å²) in [5.74, 6) is -0.108. The number of amides is 2. The Balaban J connectivity index is 2.21. The Morgan fingerprint density at radius 1 is 1.44 bits per heavy atom. The fraction of sp³-hybridized carbons (Fsp3) is 0.462. The second kappa shape index (κ2) is 5.16. The van der Waals surface area contributed by atoms with E-state index >= 15 is 0 Å². The van der Waals surface area contributed by atoms with E-state index in [-0.39, 0.29) is 24.4 Å². The van der Waals surface area contributed by atoms with E-state index in [1.807, 2.05) is 26.0 Å².